The Balaban J connectivity index is 1.83. The van der Waals surface area contributed by atoms with Gasteiger partial charge in [0.15, 0.2) is 5.82 Å². The summed E-state index contributed by atoms with van der Waals surface area (Å²) in [4.78, 5) is 5.99. The first kappa shape index (κ1) is 22.4. The number of rotatable bonds is 10. The quantitative estimate of drug-likeness (QED) is 0.349. The van der Waals surface area contributed by atoms with Crippen molar-refractivity contribution in [2.24, 2.45) is 0 Å². The van der Waals surface area contributed by atoms with Crippen LogP contribution in [0, 0.1) is 0 Å². The zero-order chi connectivity index (χ0) is 22.3. The number of hydrogen-bond acceptors (Lipinski definition) is 6. The number of aromatic amines is 1. The van der Waals surface area contributed by atoms with Crippen molar-refractivity contribution in [3.63, 3.8) is 0 Å². The average Bonchev–Trinajstić information content (AvgIpc) is 3.56. The zero-order valence-corrected chi connectivity index (χ0v) is 19.4. The Morgan fingerprint density at radius 3 is 2.81 bits per heavy atom. The lowest BCUT2D eigenvalue weighted by atomic mass is 10.1. The summed E-state index contributed by atoms with van der Waals surface area (Å²) in [6, 6.07) is 11.9. The van der Waals surface area contributed by atoms with E-state index in [1.165, 1.54) is 4.88 Å². The van der Waals surface area contributed by atoms with Crippen molar-refractivity contribution in [3.8, 4) is 0 Å². The molecule has 7 nitrogen and oxygen atoms in total. The smallest absolute Gasteiger partial charge is 0.175 e. The number of thiophene rings is 1. The second-order valence-electron chi connectivity index (χ2n) is 7.47. The van der Waals surface area contributed by atoms with E-state index >= 15 is 0 Å². The Morgan fingerprint density at radius 2 is 2.12 bits per heavy atom. The number of tetrazole rings is 1. The first-order valence-corrected chi connectivity index (χ1v) is 11.8. The summed E-state index contributed by atoms with van der Waals surface area (Å²) in [6.07, 6.45) is 5.60. The van der Waals surface area contributed by atoms with E-state index in [-0.39, 0.29) is 6.61 Å². The third-order valence-electron chi connectivity index (χ3n) is 5.26. The third kappa shape index (κ3) is 5.15. The minimum absolute atomic E-state index is 0.151. The van der Waals surface area contributed by atoms with Crippen LogP contribution in [0.4, 0.5) is 0 Å². The van der Waals surface area contributed by atoms with Gasteiger partial charge in [-0.15, -0.1) is 16.4 Å². The molecule has 2 N–H and O–H groups in total. The molecular weight excluding hydrogens is 444 g/mol. The monoisotopic (exact) mass is 468 g/mol. The Bertz CT molecular complexity index is 1170. The molecule has 1 aromatic carbocycles. The highest BCUT2D eigenvalue weighted by Crippen LogP contribution is 2.27. The van der Waals surface area contributed by atoms with Crippen molar-refractivity contribution in [2.45, 2.75) is 45.8 Å². The summed E-state index contributed by atoms with van der Waals surface area (Å²) < 4.78 is 2.15. The second kappa shape index (κ2) is 10.7. The number of imidazole rings is 1. The van der Waals surface area contributed by atoms with Crippen LogP contribution in [0.3, 0.4) is 0 Å². The number of aliphatic hydroxyl groups is 1. The topological polar surface area (TPSA) is 92.5 Å². The Morgan fingerprint density at radius 1 is 1.25 bits per heavy atom. The number of hydrogen-bond donors (Lipinski definition) is 2. The number of aryl methyl sites for hydroxylation is 1. The molecule has 4 aromatic rings. The molecule has 166 valence electrons. The normalized spacial score (nSPS) is 11.9. The fourth-order valence-corrected chi connectivity index (χ4v) is 4.53. The number of aromatic nitrogens is 6. The fourth-order valence-electron chi connectivity index (χ4n) is 3.61. The highest BCUT2D eigenvalue weighted by atomic mass is 35.5. The third-order valence-corrected chi connectivity index (χ3v) is 6.50. The number of allylic oxidation sites excluding steroid dienone is 1. The first-order valence-electron chi connectivity index (χ1n) is 10.6. The van der Waals surface area contributed by atoms with Gasteiger partial charge in [0.25, 0.3) is 0 Å². The summed E-state index contributed by atoms with van der Waals surface area (Å²) >= 11 is 8.16. The van der Waals surface area contributed by atoms with Gasteiger partial charge < -0.3 is 9.67 Å². The van der Waals surface area contributed by atoms with E-state index < -0.39 is 0 Å². The molecule has 0 fully saturated rings. The molecule has 0 spiro atoms. The van der Waals surface area contributed by atoms with Crippen LogP contribution in [0.1, 0.15) is 53.2 Å². The van der Waals surface area contributed by atoms with Gasteiger partial charge in [-0.2, -0.15) is 0 Å². The standard InChI is InChI=1S/C23H25ClN6OS/c1-2-3-10-22-25-20(15-31)21(30(22)14-16-7-4-5-9-19(16)24)13-17(23-26-28-29-27-23)12-18-8-6-11-32-18/h4-9,11,13,31H,2-3,10,12,14-15H2,1H3,(H,26,27,28,29). The summed E-state index contributed by atoms with van der Waals surface area (Å²) in [6.45, 7) is 2.57. The molecule has 0 amide bonds. The molecule has 3 heterocycles. The maximum atomic E-state index is 10.1. The minimum atomic E-state index is -0.151. The number of nitrogens with zero attached hydrogens (tertiary/aromatic N) is 5. The van der Waals surface area contributed by atoms with Crippen LogP contribution in [0.5, 0.6) is 0 Å². The molecule has 0 saturated heterocycles. The molecule has 4 rings (SSSR count). The molecule has 0 aliphatic rings. The number of aliphatic hydroxyl groups excluding tert-OH is 1. The van der Waals surface area contributed by atoms with Crippen LogP contribution < -0.4 is 0 Å². The van der Waals surface area contributed by atoms with Crippen molar-refractivity contribution in [3.05, 3.63) is 80.3 Å². The summed E-state index contributed by atoms with van der Waals surface area (Å²) in [5, 5.41) is 27.4. The predicted molar refractivity (Wildman–Crippen MR) is 127 cm³/mol. The van der Waals surface area contributed by atoms with Gasteiger partial charge in [0.05, 0.1) is 24.5 Å². The van der Waals surface area contributed by atoms with E-state index in [0.717, 1.165) is 41.9 Å². The number of benzene rings is 1. The van der Waals surface area contributed by atoms with Gasteiger partial charge >= 0.3 is 0 Å². The second-order valence-corrected chi connectivity index (χ2v) is 8.91. The predicted octanol–water partition coefficient (Wildman–Crippen LogP) is 4.78. The Labute approximate surface area is 195 Å². The number of H-pyrrole nitrogens is 1. The van der Waals surface area contributed by atoms with Gasteiger partial charge in [0.2, 0.25) is 0 Å². The van der Waals surface area contributed by atoms with E-state index in [1.807, 2.05) is 36.4 Å². The molecular formula is C23H25ClN6OS. The van der Waals surface area contributed by atoms with Gasteiger partial charge in [0, 0.05) is 28.3 Å². The van der Waals surface area contributed by atoms with Gasteiger partial charge in [-0.25, -0.2) is 10.1 Å². The molecule has 0 bridgehead atoms. The summed E-state index contributed by atoms with van der Waals surface area (Å²) in [5.41, 5.74) is 3.42. The summed E-state index contributed by atoms with van der Waals surface area (Å²) in [7, 11) is 0. The summed E-state index contributed by atoms with van der Waals surface area (Å²) in [5.74, 6) is 1.54. The van der Waals surface area contributed by atoms with E-state index in [9.17, 15) is 5.11 Å². The first-order chi connectivity index (χ1) is 15.7. The Hall–Kier alpha value is -2.81. The van der Waals surface area contributed by atoms with E-state index in [4.69, 9.17) is 16.6 Å². The van der Waals surface area contributed by atoms with Crippen LogP contribution >= 0.6 is 22.9 Å². The van der Waals surface area contributed by atoms with Gasteiger partial charge in [-0.1, -0.05) is 49.2 Å². The highest BCUT2D eigenvalue weighted by molar-refractivity contribution is 7.10. The van der Waals surface area contributed by atoms with Crippen LogP contribution in [0.15, 0.2) is 41.8 Å². The number of halogens is 1. The minimum Gasteiger partial charge on any atom is -0.390 e. The van der Waals surface area contributed by atoms with Crippen LogP contribution in [0.2, 0.25) is 5.02 Å². The number of nitrogens with one attached hydrogen (secondary N) is 1. The molecule has 3 aromatic heterocycles. The van der Waals surface area contributed by atoms with E-state index in [1.54, 1.807) is 11.3 Å². The van der Waals surface area contributed by atoms with Crippen molar-refractivity contribution in [1.82, 2.24) is 30.2 Å². The molecule has 0 unspecified atom stereocenters. The average molecular weight is 469 g/mol. The molecule has 0 aliphatic heterocycles. The maximum absolute atomic E-state index is 10.1. The Kier molecular flexibility index (Phi) is 7.47. The van der Waals surface area contributed by atoms with Crippen molar-refractivity contribution in [2.75, 3.05) is 0 Å². The SMILES string of the molecule is CCCCc1nc(CO)c(C=C(Cc2cccs2)c2nnn[nH]2)n1Cc1ccccc1Cl. The largest absolute Gasteiger partial charge is 0.390 e. The van der Waals surface area contributed by atoms with E-state index in [0.29, 0.717) is 29.5 Å². The lowest BCUT2D eigenvalue weighted by Gasteiger charge is -2.13. The molecule has 0 saturated carbocycles. The van der Waals surface area contributed by atoms with Gasteiger partial charge in [0.1, 0.15) is 5.82 Å². The van der Waals surface area contributed by atoms with Crippen molar-refractivity contribution >= 4 is 34.6 Å². The molecule has 32 heavy (non-hydrogen) atoms. The molecule has 0 aliphatic carbocycles. The molecule has 9 heteroatoms. The highest BCUT2D eigenvalue weighted by Gasteiger charge is 2.18. The fraction of sp³-hybridized carbons (Fsp3) is 0.304. The van der Waals surface area contributed by atoms with Gasteiger partial charge in [-0.3, -0.25) is 0 Å². The van der Waals surface area contributed by atoms with Crippen LogP contribution in [-0.4, -0.2) is 35.3 Å². The van der Waals surface area contributed by atoms with Crippen LogP contribution in [-0.2, 0) is 26.0 Å². The maximum Gasteiger partial charge on any atom is 0.175 e. The lowest BCUT2D eigenvalue weighted by Crippen LogP contribution is -2.08. The van der Waals surface area contributed by atoms with Gasteiger partial charge in [-0.05, 0) is 46.0 Å². The zero-order valence-electron chi connectivity index (χ0n) is 17.8. The van der Waals surface area contributed by atoms with E-state index in [2.05, 4.69) is 43.6 Å². The van der Waals surface area contributed by atoms with Crippen molar-refractivity contribution in [1.29, 1.82) is 0 Å². The van der Waals surface area contributed by atoms with Crippen molar-refractivity contribution < 1.29 is 5.11 Å². The number of unbranched alkanes of at least 4 members (excludes halogenated alkanes) is 1. The lowest BCUT2D eigenvalue weighted by molar-refractivity contribution is 0.277. The van der Waals surface area contributed by atoms with Crippen LogP contribution in [0.25, 0.3) is 11.6 Å². The molecule has 0 radical (unpaired) electrons. The molecule has 0 atom stereocenters.